The van der Waals surface area contributed by atoms with Crippen LogP contribution in [0.1, 0.15) is 16.8 Å². The standard InChI is InChI=1S/C12H16N4O3/c13-12(17)9-1-2-10(11(5-9)16(18)19)15-7-8-3-4-14-6-8/h1-2,5,8,14-15H,3-4,6-7H2,(H2,13,17). The first-order valence-corrected chi connectivity index (χ1v) is 6.10. The molecule has 1 amide bonds. The maximum absolute atomic E-state index is 11.0. The maximum atomic E-state index is 11.0. The first-order valence-electron chi connectivity index (χ1n) is 6.10. The summed E-state index contributed by atoms with van der Waals surface area (Å²) in [5.41, 5.74) is 5.55. The van der Waals surface area contributed by atoms with Crippen LogP contribution in [0.2, 0.25) is 0 Å². The van der Waals surface area contributed by atoms with Crippen molar-refractivity contribution in [2.45, 2.75) is 6.42 Å². The summed E-state index contributed by atoms with van der Waals surface area (Å²) in [4.78, 5) is 21.5. The zero-order valence-electron chi connectivity index (χ0n) is 10.4. The number of amides is 1. The minimum absolute atomic E-state index is 0.123. The number of anilines is 1. The zero-order valence-corrected chi connectivity index (χ0v) is 10.4. The first-order chi connectivity index (χ1) is 9.08. The number of nitrogens with zero attached hydrogens (tertiary/aromatic N) is 1. The molecule has 4 N–H and O–H groups in total. The van der Waals surface area contributed by atoms with Crippen molar-refractivity contribution in [2.24, 2.45) is 11.7 Å². The smallest absolute Gasteiger partial charge is 0.293 e. The molecule has 7 heteroatoms. The summed E-state index contributed by atoms with van der Waals surface area (Å²) >= 11 is 0. The molecule has 0 aliphatic carbocycles. The Balaban J connectivity index is 2.14. The van der Waals surface area contributed by atoms with Crippen molar-refractivity contribution in [3.8, 4) is 0 Å². The van der Waals surface area contributed by atoms with Gasteiger partial charge in [-0.25, -0.2) is 0 Å². The van der Waals surface area contributed by atoms with Crippen LogP contribution in [-0.4, -0.2) is 30.5 Å². The molecule has 1 heterocycles. The number of hydrogen-bond acceptors (Lipinski definition) is 5. The minimum atomic E-state index is -0.672. The molecule has 1 atom stereocenters. The number of nitro benzene ring substituents is 1. The van der Waals surface area contributed by atoms with E-state index in [0.717, 1.165) is 19.5 Å². The SMILES string of the molecule is NC(=O)c1ccc(NCC2CCNC2)c([N+](=O)[O-])c1. The zero-order chi connectivity index (χ0) is 13.8. The fourth-order valence-corrected chi connectivity index (χ4v) is 2.13. The molecule has 7 nitrogen and oxygen atoms in total. The molecule has 0 radical (unpaired) electrons. The van der Waals surface area contributed by atoms with E-state index in [1.807, 2.05) is 0 Å². The Kier molecular flexibility index (Phi) is 3.96. The molecule has 19 heavy (non-hydrogen) atoms. The quantitative estimate of drug-likeness (QED) is 0.536. The van der Waals surface area contributed by atoms with E-state index in [-0.39, 0.29) is 11.3 Å². The number of primary amides is 1. The molecule has 1 aromatic rings. The molecular formula is C12H16N4O3. The average Bonchev–Trinajstić information content (AvgIpc) is 2.89. The van der Waals surface area contributed by atoms with Crippen LogP contribution in [0.4, 0.5) is 11.4 Å². The van der Waals surface area contributed by atoms with E-state index >= 15 is 0 Å². The van der Waals surface area contributed by atoms with E-state index in [4.69, 9.17) is 5.73 Å². The van der Waals surface area contributed by atoms with Crippen molar-refractivity contribution in [2.75, 3.05) is 25.0 Å². The molecule has 2 rings (SSSR count). The van der Waals surface area contributed by atoms with Crippen molar-refractivity contribution in [3.63, 3.8) is 0 Å². The van der Waals surface area contributed by atoms with Gasteiger partial charge in [0.2, 0.25) is 5.91 Å². The Hall–Kier alpha value is -2.15. The third kappa shape index (κ3) is 3.19. The number of carbonyl (C=O) groups excluding carboxylic acids is 1. The van der Waals surface area contributed by atoms with Gasteiger partial charge in [-0.05, 0) is 37.6 Å². The fraction of sp³-hybridized carbons (Fsp3) is 0.417. The largest absolute Gasteiger partial charge is 0.379 e. The van der Waals surface area contributed by atoms with Crippen molar-refractivity contribution in [1.82, 2.24) is 5.32 Å². The topological polar surface area (TPSA) is 110 Å². The van der Waals surface area contributed by atoms with Crippen LogP contribution >= 0.6 is 0 Å². The van der Waals surface area contributed by atoms with E-state index < -0.39 is 10.8 Å². The number of carbonyl (C=O) groups is 1. The van der Waals surface area contributed by atoms with E-state index in [2.05, 4.69) is 10.6 Å². The Morgan fingerprint density at radius 1 is 1.58 bits per heavy atom. The molecule has 1 fully saturated rings. The van der Waals surface area contributed by atoms with Gasteiger partial charge in [0, 0.05) is 18.2 Å². The van der Waals surface area contributed by atoms with E-state index in [9.17, 15) is 14.9 Å². The second-order valence-electron chi connectivity index (χ2n) is 4.59. The first kappa shape index (κ1) is 13.3. The highest BCUT2D eigenvalue weighted by Crippen LogP contribution is 2.26. The summed E-state index contributed by atoms with van der Waals surface area (Å²) in [6.45, 7) is 2.57. The fourth-order valence-electron chi connectivity index (χ4n) is 2.13. The summed E-state index contributed by atoms with van der Waals surface area (Å²) in [6, 6.07) is 4.22. The summed E-state index contributed by atoms with van der Waals surface area (Å²) in [5, 5.41) is 17.3. The second kappa shape index (κ2) is 5.66. The molecule has 0 saturated carbocycles. The highest BCUT2D eigenvalue weighted by molar-refractivity contribution is 5.94. The predicted molar refractivity (Wildman–Crippen MR) is 71.1 cm³/mol. The molecule has 0 spiro atoms. The van der Waals surface area contributed by atoms with E-state index in [1.54, 1.807) is 0 Å². The Bertz CT molecular complexity index is 498. The lowest BCUT2D eigenvalue weighted by molar-refractivity contribution is -0.384. The maximum Gasteiger partial charge on any atom is 0.293 e. The van der Waals surface area contributed by atoms with E-state index in [1.165, 1.54) is 18.2 Å². The number of nitrogens with one attached hydrogen (secondary N) is 2. The molecule has 1 saturated heterocycles. The van der Waals surface area contributed by atoms with Crippen molar-refractivity contribution >= 4 is 17.3 Å². The lowest BCUT2D eigenvalue weighted by Crippen LogP contribution is -2.18. The Morgan fingerprint density at radius 2 is 2.37 bits per heavy atom. The second-order valence-corrected chi connectivity index (χ2v) is 4.59. The van der Waals surface area contributed by atoms with Crippen LogP contribution in [0.3, 0.4) is 0 Å². The van der Waals surface area contributed by atoms with Crippen LogP contribution in [0, 0.1) is 16.0 Å². The predicted octanol–water partition coefficient (Wildman–Crippen LogP) is 0.715. The summed E-state index contributed by atoms with van der Waals surface area (Å²) in [5.74, 6) is -0.204. The van der Waals surface area contributed by atoms with Gasteiger partial charge in [0.25, 0.3) is 5.69 Å². The highest BCUT2D eigenvalue weighted by atomic mass is 16.6. The van der Waals surface area contributed by atoms with Crippen molar-refractivity contribution in [3.05, 3.63) is 33.9 Å². The Labute approximate surface area is 110 Å². The van der Waals surface area contributed by atoms with Crippen LogP contribution in [0.5, 0.6) is 0 Å². The van der Waals surface area contributed by atoms with Gasteiger partial charge >= 0.3 is 0 Å². The number of rotatable bonds is 5. The number of nitrogens with two attached hydrogens (primary N) is 1. The molecule has 0 aromatic heterocycles. The third-order valence-electron chi connectivity index (χ3n) is 3.22. The summed E-state index contributed by atoms with van der Waals surface area (Å²) in [6.07, 6.45) is 1.06. The van der Waals surface area contributed by atoms with Gasteiger partial charge in [-0.1, -0.05) is 0 Å². The van der Waals surface area contributed by atoms with Gasteiger partial charge in [0.1, 0.15) is 5.69 Å². The van der Waals surface area contributed by atoms with Crippen LogP contribution in [0.25, 0.3) is 0 Å². The number of nitro groups is 1. The lowest BCUT2D eigenvalue weighted by Gasteiger charge is -2.11. The highest BCUT2D eigenvalue weighted by Gasteiger charge is 2.19. The molecular weight excluding hydrogens is 248 g/mol. The number of benzene rings is 1. The average molecular weight is 264 g/mol. The molecule has 1 unspecified atom stereocenters. The summed E-state index contributed by atoms with van der Waals surface area (Å²) < 4.78 is 0. The minimum Gasteiger partial charge on any atom is -0.379 e. The Morgan fingerprint density at radius 3 is 2.95 bits per heavy atom. The van der Waals surface area contributed by atoms with E-state index in [0.29, 0.717) is 18.2 Å². The van der Waals surface area contributed by atoms with Gasteiger partial charge in [-0.2, -0.15) is 0 Å². The van der Waals surface area contributed by atoms with Crippen molar-refractivity contribution in [1.29, 1.82) is 0 Å². The monoisotopic (exact) mass is 264 g/mol. The lowest BCUT2D eigenvalue weighted by atomic mass is 10.1. The third-order valence-corrected chi connectivity index (χ3v) is 3.22. The molecule has 102 valence electrons. The van der Waals surface area contributed by atoms with Crippen LogP contribution < -0.4 is 16.4 Å². The molecule has 0 bridgehead atoms. The summed E-state index contributed by atoms with van der Waals surface area (Å²) in [7, 11) is 0. The number of hydrogen-bond donors (Lipinski definition) is 3. The molecule has 1 aliphatic rings. The van der Waals surface area contributed by atoms with Gasteiger partial charge in [0.05, 0.1) is 4.92 Å². The van der Waals surface area contributed by atoms with Crippen molar-refractivity contribution < 1.29 is 9.72 Å². The van der Waals surface area contributed by atoms with Crippen LogP contribution in [-0.2, 0) is 0 Å². The normalized spacial score (nSPS) is 18.2. The molecule has 1 aromatic carbocycles. The van der Waals surface area contributed by atoms with Gasteiger partial charge < -0.3 is 16.4 Å². The van der Waals surface area contributed by atoms with Crippen LogP contribution in [0.15, 0.2) is 18.2 Å². The van der Waals surface area contributed by atoms with Gasteiger partial charge in [-0.15, -0.1) is 0 Å². The van der Waals surface area contributed by atoms with Gasteiger partial charge in [0.15, 0.2) is 0 Å². The molecule has 1 aliphatic heterocycles. The van der Waals surface area contributed by atoms with Gasteiger partial charge in [-0.3, -0.25) is 14.9 Å².